The summed E-state index contributed by atoms with van der Waals surface area (Å²) < 4.78 is 1.73. The number of carbonyl (C=O) groups excluding carboxylic acids is 1. The van der Waals surface area contributed by atoms with E-state index in [4.69, 9.17) is 0 Å². The van der Waals surface area contributed by atoms with Gasteiger partial charge in [-0.05, 0) is 30.2 Å². The standard InChI is InChI=1S/C25H23N3O2S/c1-18-11-13-20(14-12-18)16-28-22-10-6-5-9-21(22)27-24(25(28)30)31-17-23(29)26-15-19-7-3-2-4-8-19/h2-14H,15-17H2,1H3,(H,26,29). The third kappa shape index (κ3) is 5.22. The lowest BCUT2D eigenvalue weighted by molar-refractivity contribution is -0.118. The number of benzene rings is 3. The van der Waals surface area contributed by atoms with E-state index in [0.717, 1.165) is 22.2 Å². The van der Waals surface area contributed by atoms with Crippen LogP contribution in [0.1, 0.15) is 16.7 Å². The number of amides is 1. The second-order valence-electron chi connectivity index (χ2n) is 7.33. The van der Waals surface area contributed by atoms with Crippen molar-refractivity contribution in [3.8, 4) is 0 Å². The number of nitrogens with one attached hydrogen (secondary N) is 1. The first-order chi connectivity index (χ1) is 15.1. The van der Waals surface area contributed by atoms with Gasteiger partial charge < -0.3 is 5.32 Å². The summed E-state index contributed by atoms with van der Waals surface area (Å²) >= 11 is 1.18. The largest absolute Gasteiger partial charge is 0.351 e. The van der Waals surface area contributed by atoms with Gasteiger partial charge in [0.05, 0.1) is 23.3 Å². The van der Waals surface area contributed by atoms with Gasteiger partial charge in [0, 0.05) is 6.54 Å². The maximum absolute atomic E-state index is 13.2. The number of carbonyl (C=O) groups is 1. The maximum atomic E-state index is 13.2. The number of rotatable bonds is 7. The summed E-state index contributed by atoms with van der Waals surface area (Å²) in [5.41, 5.74) is 4.59. The molecule has 1 aromatic heterocycles. The van der Waals surface area contributed by atoms with Crippen LogP contribution in [0, 0.1) is 6.92 Å². The Kier molecular flexibility index (Phi) is 6.48. The van der Waals surface area contributed by atoms with Crippen LogP contribution in [0.4, 0.5) is 0 Å². The molecular formula is C25H23N3O2S. The van der Waals surface area contributed by atoms with Crippen LogP contribution in [0.15, 0.2) is 88.7 Å². The molecule has 31 heavy (non-hydrogen) atoms. The van der Waals surface area contributed by atoms with Crippen molar-refractivity contribution < 1.29 is 4.79 Å². The number of hydrogen-bond donors (Lipinski definition) is 1. The van der Waals surface area contributed by atoms with Crippen LogP contribution in [-0.2, 0) is 17.9 Å². The summed E-state index contributed by atoms with van der Waals surface area (Å²) in [4.78, 5) is 30.0. The Hall–Kier alpha value is -3.38. The van der Waals surface area contributed by atoms with Gasteiger partial charge in [-0.15, -0.1) is 0 Å². The summed E-state index contributed by atoms with van der Waals surface area (Å²) in [5, 5.41) is 3.22. The Morgan fingerprint density at radius 1 is 0.935 bits per heavy atom. The van der Waals surface area contributed by atoms with Crippen LogP contribution in [0.3, 0.4) is 0 Å². The van der Waals surface area contributed by atoms with E-state index in [1.54, 1.807) is 4.57 Å². The highest BCUT2D eigenvalue weighted by Gasteiger charge is 2.13. The van der Waals surface area contributed by atoms with Gasteiger partial charge in [-0.3, -0.25) is 14.2 Å². The van der Waals surface area contributed by atoms with E-state index in [-0.39, 0.29) is 17.2 Å². The van der Waals surface area contributed by atoms with Crippen LogP contribution >= 0.6 is 11.8 Å². The molecule has 0 aliphatic carbocycles. The zero-order valence-corrected chi connectivity index (χ0v) is 18.1. The zero-order valence-electron chi connectivity index (χ0n) is 17.2. The molecule has 0 fully saturated rings. The van der Waals surface area contributed by atoms with Crippen molar-refractivity contribution in [3.05, 3.63) is 106 Å². The van der Waals surface area contributed by atoms with Crippen LogP contribution in [0.25, 0.3) is 11.0 Å². The third-order valence-electron chi connectivity index (χ3n) is 4.96. The van der Waals surface area contributed by atoms with Gasteiger partial charge in [-0.1, -0.05) is 84.1 Å². The number of nitrogens with zero attached hydrogens (tertiary/aromatic N) is 2. The van der Waals surface area contributed by atoms with Gasteiger partial charge in [-0.2, -0.15) is 0 Å². The predicted octanol–water partition coefficient (Wildman–Crippen LogP) is 4.16. The molecule has 0 spiro atoms. The Bertz CT molecular complexity index is 1250. The highest BCUT2D eigenvalue weighted by Crippen LogP contribution is 2.18. The van der Waals surface area contributed by atoms with Crippen LogP contribution < -0.4 is 10.9 Å². The first-order valence-corrected chi connectivity index (χ1v) is 11.1. The van der Waals surface area contributed by atoms with Crippen molar-refractivity contribution in [2.75, 3.05) is 5.75 Å². The molecule has 1 amide bonds. The van der Waals surface area contributed by atoms with Crippen molar-refractivity contribution in [2.24, 2.45) is 0 Å². The number of aromatic nitrogens is 2. The van der Waals surface area contributed by atoms with Crippen molar-refractivity contribution >= 4 is 28.7 Å². The average Bonchev–Trinajstić information content (AvgIpc) is 2.80. The molecule has 0 bridgehead atoms. The van der Waals surface area contributed by atoms with E-state index in [2.05, 4.69) is 10.3 Å². The van der Waals surface area contributed by atoms with Gasteiger partial charge in [0.15, 0.2) is 5.03 Å². The van der Waals surface area contributed by atoms with Gasteiger partial charge in [-0.25, -0.2) is 4.98 Å². The normalized spacial score (nSPS) is 10.9. The molecule has 1 N–H and O–H groups in total. The van der Waals surface area contributed by atoms with Crippen molar-refractivity contribution in [3.63, 3.8) is 0 Å². The van der Waals surface area contributed by atoms with E-state index < -0.39 is 0 Å². The fourth-order valence-corrected chi connectivity index (χ4v) is 4.04. The fraction of sp³-hybridized carbons (Fsp3) is 0.160. The molecule has 6 heteroatoms. The molecule has 0 saturated heterocycles. The Morgan fingerprint density at radius 2 is 1.65 bits per heavy atom. The van der Waals surface area contributed by atoms with Gasteiger partial charge in [0.2, 0.25) is 5.91 Å². The number of thioether (sulfide) groups is 1. The molecule has 0 atom stereocenters. The van der Waals surface area contributed by atoms with Gasteiger partial charge >= 0.3 is 0 Å². The second-order valence-corrected chi connectivity index (χ2v) is 8.30. The summed E-state index contributed by atoms with van der Waals surface area (Å²) in [6.45, 7) is 2.95. The third-order valence-corrected chi connectivity index (χ3v) is 5.90. The van der Waals surface area contributed by atoms with E-state index in [0.29, 0.717) is 18.1 Å². The highest BCUT2D eigenvalue weighted by molar-refractivity contribution is 7.99. The summed E-state index contributed by atoms with van der Waals surface area (Å²) in [7, 11) is 0. The van der Waals surface area contributed by atoms with E-state index >= 15 is 0 Å². The zero-order chi connectivity index (χ0) is 21.6. The molecule has 4 aromatic rings. The average molecular weight is 430 g/mol. The lowest BCUT2D eigenvalue weighted by Crippen LogP contribution is -2.27. The molecule has 0 radical (unpaired) electrons. The molecule has 3 aromatic carbocycles. The van der Waals surface area contributed by atoms with Gasteiger partial charge in [0.1, 0.15) is 0 Å². The molecule has 0 unspecified atom stereocenters. The molecule has 0 aliphatic rings. The van der Waals surface area contributed by atoms with Crippen LogP contribution in [-0.4, -0.2) is 21.2 Å². The summed E-state index contributed by atoms with van der Waals surface area (Å²) in [5.74, 6) is 0.00564. The van der Waals surface area contributed by atoms with Crippen molar-refractivity contribution in [1.29, 1.82) is 0 Å². The minimum Gasteiger partial charge on any atom is -0.351 e. The summed E-state index contributed by atoms with van der Waals surface area (Å²) in [6.07, 6.45) is 0. The van der Waals surface area contributed by atoms with E-state index in [1.165, 1.54) is 17.3 Å². The van der Waals surface area contributed by atoms with E-state index in [1.807, 2.05) is 85.8 Å². The molecular weight excluding hydrogens is 406 g/mol. The molecule has 1 heterocycles. The molecule has 5 nitrogen and oxygen atoms in total. The number of para-hydroxylation sites is 2. The second kappa shape index (κ2) is 9.62. The maximum Gasteiger partial charge on any atom is 0.283 e. The van der Waals surface area contributed by atoms with Crippen molar-refractivity contribution in [2.45, 2.75) is 25.0 Å². The summed E-state index contributed by atoms with van der Waals surface area (Å²) in [6, 6.07) is 25.5. The predicted molar refractivity (Wildman–Crippen MR) is 125 cm³/mol. The first-order valence-electron chi connectivity index (χ1n) is 10.1. The Morgan fingerprint density at radius 3 is 2.42 bits per heavy atom. The Balaban J connectivity index is 1.53. The lowest BCUT2D eigenvalue weighted by atomic mass is 10.1. The Labute approximate surface area is 185 Å². The minimum absolute atomic E-state index is 0.131. The topological polar surface area (TPSA) is 64.0 Å². The van der Waals surface area contributed by atoms with E-state index in [9.17, 15) is 9.59 Å². The lowest BCUT2D eigenvalue weighted by Gasteiger charge is -2.12. The highest BCUT2D eigenvalue weighted by atomic mass is 32.2. The van der Waals surface area contributed by atoms with Crippen molar-refractivity contribution in [1.82, 2.24) is 14.9 Å². The number of aryl methyl sites for hydroxylation is 1. The van der Waals surface area contributed by atoms with Gasteiger partial charge in [0.25, 0.3) is 5.56 Å². The van der Waals surface area contributed by atoms with Crippen LogP contribution in [0.2, 0.25) is 0 Å². The number of fused-ring (bicyclic) bond motifs is 1. The first kappa shape index (κ1) is 20.9. The molecule has 156 valence electrons. The van der Waals surface area contributed by atoms with Crippen LogP contribution in [0.5, 0.6) is 0 Å². The monoisotopic (exact) mass is 429 g/mol. The quantitative estimate of drug-likeness (QED) is 0.448. The number of hydrogen-bond acceptors (Lipinski definition) is 4. The fourth-order valence-electron chi connectivity index (χ4n) is 3.28. The minimum atomic E-state index is -0.180. The molecule has 0 aliphatic heterocycles. The SMILES string of the molecule is Cc1ccc(Cn2c(=O)c(SCC(=O)NCc3ccccc3)nc3ccccc32)cc1. The molecule has 4 rings (SSSR count). The molecule has 0 saturated carbocycles. The smallest absolute Gasteiger partial charge is 0.283 e.